The molecule has 10 heteroatoms. The van der Waals surface area contributed by atoms with Gasteiger partial charge >= 0.3 is 0 Å². The Labute approximate surface area is 218 Å². The van der Waals surface area contributed by atoms with Gasteiger partial charge in [0.15, 0.2) is 0 Å². The Morgan fingerprint density at radius 1 is 1.27 bits per heavy atom. The number of halogens is 1. The van der Waals surface area contributed by atoms with Gasteiger partial charge in [-0.2, -0.15) is 0 Å². The number of ether oxygens (including phenoxy) is 2. The SMILES string of the molecule is CC(C)COc1cc(F)cc(-c2ccc(C(=O)NS(=O)(=O)C3CCOC3)c(N3CCC(C)C3(C)C)n2)c1. The molecule has 202 valence electrons. The zero-order valence-corrected chi connectivity index (χ0v) is 22.9. The van der Waals surface area contributed by atoms with E-state index in [0.29, 0.717) is 54.9 Å². The minimum atomic E-state index is -3.91. The molecule has 2 aliphatic rings. The van der Waals surface area contributed by atoms with Gasteiger partial charge in [0.05, 0.1) is 24.5 Å². The van der Waals surface area contributed by atoms with Crippen LogP contribution < -0.4 is 14.4 Å². The zero-order valence-electron chi connectivity index (χ0n) is 22.1. The average molecular weight is 534 g/mol. The molecule has 0 aliphatic carbocycles. The number of hydrogen-bond donors (Lipinski definition) is 1. The second kappa shape index (κ2) is 10.6. The van der Waals surface area contributed by atoms with Crippen molar-refractivity contribution in [2.75, 3.05) is 31.3 Å². The van der Waals surface area contributed by atoms with Gasteiger partial charge in [-0.05, 0) is 62.8 Å². The van der Waals surface area contributed by atoms with E-state index < -0.39 is 27.0 Å². The minimum Gasteiger partial charge on any atom is -0.493 e. The molecule has 8 nitrogen and oxygen atoms in total. The van der Waals surface area contributed by atoms with Crippen molar-refractivity contribution in [3.8, 4) is 17.0 Å². The van der Waals surface area contributed by atoms with Gasteiger partial charge in [-0.15, -0.1) is 0 Å². The molecule has 0 saturated carbocycles. The highest BCUT2D eigenvalue weighted by molar-refractivity contribution is 7.90. The standard InChI is InChI=1S/C27H36FN3O5S/c1-17(2)15-36-21-13-19(12-20(28)14-21)24-7-6-23(25(29-24)31-10-8-18(3)27(31,4)5)26(32)30-37(33,34)22-9-11-35-16-22/h6-7,12-14,17-18,22H,8-11,15-16H2,1-5H3,(H,30,32). The molecule has 1 amide bonds. The third-order valence-electron chi connectivity index (χ3n) is 7.37. The summed E-state index contributed by atoms with van der Waals surface area (Å²) in [4.78, 5) is 20.2. The largest absolute Gasteiger partial charge is 0.493 e. The maximum atomic E-state index is 14.5. The molecule has 1 aromatic heterocycles. The molecule has 1 aromatic carbocycles. The van der Waals surface area contributed by atoms with Gasteiger partial charge in [0.2, 0.25) is 10.0 Å². The van der Waals surface area contributed by atoms with E-state index in [0.717, 1.165) is 6.42 Å². The van der Waals surface area contributed by atoms with Crippen LogP contribution in [0.4, 0.5) is 10.2 Å². The van der Waals surface area contributed by atoms with Gasteiger partial charge in [0.25, 0.3) is 5.91 Å². The van der Waals surface area contributed by atoms with Crippen LogP contribution in [0.1, 0.15) is 57.8 Å². The fourth-order valence-corrected chi connectivity index (χ4v) is 5.90. The van der Waals surface area contributed by atoms with Crippen molar-refractivity contribution < 1.29 is 27.1 Å². The maximum absolute atomic E-state index is 14.5. The lowest BCUT2D eigenvalue weighted by atomic mass is 9.90. The van der Waals surface area contributed by atoms with Crippen LogP contribution in [0.3, 0.4) is 0 Å². The summed E-state index contributed by atoms with van der Waals surface area (Å²) in [5.74, 6) is 0.169. The topological polar surface area (TPSA) is 97.8 Å². The van der Waals surface area contributed by atoms with Crippen LogP contribution in [0, 0.1) is 17.7 Å². The van der Waals surface area contributed by atoms with Crippen LogP contribution in [0.25, 0.3) is 11.3 Å². The van der Waals surface area contributed by atoms with Crippen LogP contribution in [0.2, 0.25) is 0 Å². The molecule has 2 unspecified atom stereocenters. The van der Waals surface area contributed by atoms with E-state index in [-0.39, 0.29) is 23.6 Å². The van der Waals surface area contributed by atoms with Gasteiger partial charge < -0.3 is 14.4 Å². The number of nitrogens with zero attached hydrogens (tertiary/aromatic N) is 2. The monoisotopic (exact) mass is 533 g/mol. The minimum absolute atomic E-state index is 0.0596. The molecule has 0 bridgehead atoms. The Morgan fingerprint density at radius 2 is 2.03 bits per heavy atom. The molecule has 37 heavy (non-hydrogen) atoms. The van der Waals surface area contributed by atoms with Crippen molar-refractivity contribution in [1.82, 2.24) is 9.71 Å². The molecular weight excluding hydrogens is 497 g/mol. The van der Waals surface area contributed by atoms with Gasteiger partial charge in [-0.3, -0.25) is 4.79 Å². The quantitative estimate of drug-likeness (QED) is 0.537. The lowest BCUT2D eigenvalue weighted by Gasteiger charge is -2.36. The third kappa shape index (κ3) is 5.90. The summed E-state index contributed by atoms with van der Waals surface area (Å²) in [6, 6.07) is 7.59. The van der Waals surface area contributed by atoms with Crippen molar-refractivity contribution in [2.45, 2.75) is 58.2 Å². The maximum Gasteiger partial charge on any atom is 0.268 e. The summed E-state index contributed by atoms with van der Waals surface area (Å²) in [7, 11) is -3.91. The molecule has 2 atom stereocenters. The van der Waals surface area contributed by atoms with E-state index in [1.165, 1.54) is 12.1 Å². The third-order valence-corrected chi connectivity index (χ3v) is 9.09. The Bertz CT molecular complexity index is 1260. The lowest BCUT2D eigenvalue weighted by molar-refractivity contribution is 0.0981. The van der Waals surface area contributed by atoms with Crippen molar-refractivity contribution in [3.63, 3.8) is 0 Å². The molecule has 1 N–H and O–H groups in total. The molecule has 2 saturated heterocycles. The van der Waals surface area contributed by atoms with Gasteiger partial charge in [-0.1, -0.05) is 20.8 Å². The summed E-state index contributed by atoms with van der Waals surface area (Å²) in [5.41, 5.74) is 0.795. The van der Waals surface area contributed by atoms with E-state index in [1.54, 1.807) is 18.2 Å². The van der Waals surface area contributed by atoms with Crippen molar-refractivity contribution in [1.29, 1.82) is 0 Å². The highest BCUT2D eigenvalue weighted by atomic mass is 32.2. The Balaban J connectivity index is 1.74. The zero-order chi connectivity index (χ0) is 27.0. The van der Waals surface area contributed by atoms with Gasteiger partial charge in [0.1, 0.15) is 22.6 Å². The van der Waals surface area contributed by atoms with Crippen LogP contribution in [-0.2, 0) is 14.8 Å². The predicted molar refractivity (Wildman–Crippen MR) is 141 cm³/mol. The molecule has 2 aromatic rings. The second-order valence-electron chi connectivity index (χ2n) is 10.9. The van der Waals surface area contributed by atoms with Crippen LogP contribution >= 0.6 is 0 Å². The average Bonchev–Trinajstić information content (AvgIpc) is 3.46. The first-order valence-electron chi connectivity index (χ1n) is 12.7. The van der Waals surface area contributed by atoms with Crippen LogP contribution in [0.5, 0.6) is 5.75 Å². The van der Waals surface area contributed by atoms with Crippen LogP contribution in [-0.4, -0.2) is 56.5 Å². The van der Waals surface area contributed by atoms with Gasteiger partial charge in [0, 0.05) is 30.3 Å². The first-order chi connectivity index (χ1) is 17.4. The Morgan fingerprint density at radius 3 is 2.65 bits per heavy atom. The molecule has 0 spiro atoms. The van der Waals surface area contributed by atoms with E-state index in [1.807, 2.05) is 18.7 Å². The van der Waals surface area contributed by atoms with Crippen molar-refractivity contribution in [3.05, 3.63) is 41.7 Å². The fourth-order valence-electron chi connectivity index (χ4n) is 4.68. The number of benzene rings is 1. The summed E-state index contributed by atoms with van der Waals surface area (Å²) in [6.07, 6.45) is 1.23. The summed E-state index contributed by atoms with van der Waals surface area (Å²) < 4.78 is 53.3. The summed E-state index contributed by atoms with van der Waals surface area (Å²) >= 11 is 0. The van der Waals surface area contributed by atoms with E-state index in [4.69, 9.17) is 14.5 Å². The van der Waals surface area contributed by atoms with Crippen molar-refractivity contribution >= 4 is 21.7 Å². The normalized spacial score (nSPS) is 21.4. The number of sulfonamides is 1. The van der Waals surface area contributed by atoms with Crippen molar-refractivity contribution in [2.24, 2.45) is 11.8 Å². The number of rotatable bonds is 8. The fraction of sp³-hybridized carbons (Fsp3) is 0.556. The first-order valence-corrected chi connectivity index (χ1v) is 14.3. The second-order valence-corrected chi connectivity index (χ2v) is 12.9. The Kier molecular flexibility index (Phi) is 7.80. The number of carbonyl (C=O) groups excluding carboxylic acids is 1. The predicted octanol–water partition coefficient (Wildman–Crippen LogP) is 4.40. The summed E-state index contributed by atoms with van der Waals surface area (Å²) in [5, 5.41) is -0.771. The first kappa shape index (κ1) is 27.3. The van der Waals surface area contributed by atoms with Crippen LogP contribution in [0.15, 0.2) is 30.3 Å². The highest BCUT2D eigenvalue weighted by Gasteiger charge is 2.41. The number of anilines is 1. The smallest absolute Gasteiger partial charge is 0.268 e. The number of aromatic nitrogens is 1. The Hall–Kier alpha value is -2.72. The molecule has 4 rings (SSSR count). The summed E-state index contributed by atoms with van der Waals surface area (Å²) in [6.45, 7) is 11.8. The van der Waals surface area contributed by atoms with Gasteiger partial charge in [-0.25, -0.2) is 22.5 Å². The molecule has 3 heterocycles. The lowest BCUT2D eigenvalue weighted by Crippen LogP contribution is -2.44. The van der Waals surface area contributed by atoms with E-state index in [2.05, 4.69) is 25.5 Å². The number of pyridine rings is 1. The molecule has 2 fully saturated rings. The number of carbonyl (C=O) groups is 1. The van der Waals surface area contributed by atoms with E-state index >= 15 is 0 Å². The molecule has 2 aliphatic heterocycles. The van der Waals surface area contributed by atoms with E-state index in [9.17, 15) is 17.6 Å². The molecule has 0 radical (unpaired) electrons. The number of nitrogens with one attached hydrogen (secondary N) is 1. The number of hydrogen-bond acceptors (Lipinski definition) is 7. The number of amides is 1. The highest BCUT2D eigenvalue weighted by Crippen LogP contribution is 2.39. The molecular formula is C27H36FN3O5S.